The summed E-state index contributed by atoms with van der Waals surface area (Å²) in [5, 5.41) is 9.73. The minimum atomic E-state index is -0.0980. The predicted octanol–water partition coefficient (Wildman–Crippen LogP) is 2.58. The first-order chi connectivity index (χ1) is 13.8. The highest BCUT2D eigenvalue weighted by atomic mass is 16.1. The maximum absolute atomic E-state index is 12.6. The number of hydrogen-bond acceptors (Lipinski definition) is 6. The molecule has 29 heavy (non-hydrogen) atoms. The highest BCUT2D eigenvalue weighted by molar-refractivity contribution is 5.94. The number of benzene rings is 1. The summed E-state index contributed by atoms with van der Waals surface area (Å²) in [6.45, 7) is 13.5. The molecule has 1 aromatic carbocycles. The van der Waals surface area contributed by atoms with Crippen LogP contribution >= 0.6 is 0 Å². The third kappa shape index (κ3) is 6.15. The SMILES string of the molecule is Cc1ncc(CNC(=O)c2ccc(N3CCNCC3)cc2)c(NCC(C)(C)C)n1. The van der Waals surface area contributed by atoms with Gasteiger partial charge in [-0.15, -0.1) is 0 Å². The maximum atomic E-state index is 12.6. The number of amides is 1. The lowest BCUT2D eigenvalue weighted by Gasteiger charge is -2.29. The topological polar surface area (TPSA) is 82.2 Å². The highest BCUT2D eigenvalue weighted by Crippen LogP contribution is 2.18. The molecule has 1 fully saturated rings. The summed E-state index contributed by atoms with van der Waals surface area (Å²) >= 11 is 0. The van der Waals surface area contributed by atoms with Gasteiger partial charge in [-0.25, -0.2) is 9.97 Å². The van der Waals surface area contributed by atoms with Gasteiger partial charge in [0.15, 0.2) is 0 Å². The standard InChI is InChI=1S/C22H32N6O/c1-16-24-13-18(20(27-16)26-15-22(2,3)4)14-25-21(29)17-5-7-19(8-6-17)28-11-9-23-10-12-28/h5-8,13,23H,9-12,14-15H2,1-4H3,(H,25,29)(H,24,26,27). The van der Waals surface area contributed by atoms with E-state index in [4.69, 9.17) is 0 Å². The average Bonchev–Trinajstić information content (AvgIpc) is 2.71. The van der Waals surface area contributed by atoms with Crippen molar-refractivity contribution in [3.63, 3.8) is 0 Å². The quantitative estimate of drug-likeness (QED) is 0.696. The van der Waals surface area contributed by atoms with E-state index in [9.17, 15) is 4.79 Å². The van der Waals surface area contributed by atoms with Crippen LogP contribution in [0.5, 0.6) is 0 Å². The van der Waals surface area contributed by atoms with Gasteiger partial charge in [-0.3, -0.25) is 4.79 Å². The van der Waals surface area contributed by atoms with Crippen molar-refractivity contribution in [1.29, 1.82) is 0 Å². The van der Waals surface area contributed by atoms with Crippen molar-refractivity contribution in [3.8, 4) is 0 Å². The van der Waals surface area contributed by atoms with Crippen LogP contribution in [0.25, 0.3) is 0 Å². The number of piperazine rings is 1. The van der Waals surface area contributed by atoms with Crippen molar-refractivity contribution in [1.82, 2.24) is 20.6 Å². The lowest BCUT2D eigenvalue weighted by atomic mass is 9.97. The van der Waals surface area contributed by atoms with Crippen LogP contribution in [-0.2, 0) is 6.54 Å². The van der Waals surface area contributed by atoms with Crippen LogP contribution in [0.1, 0.15) is 42.5 Å². The van der Waals surface area contributed by atoms with E-state index in [1.54, 1.807) is 6.20 Å². The van der Waals surface area contributed by atoms with E-state index in [-0.39, 0.29) is 11.3 Å². The van der Waals surface area contributed by atoms with Crippen LogP contribution < -0.4 is 20.9 Å². The predicted molar refractivity (Wildman–Crippen MR) is 117 cm³/mol. The van der Waals surface area contributed by atoms with Crippen molar-refractivity contribution < 1.29 is 4.79 Å². The molecule has 2 heterocycles. The molecule has 0 atom stereocenters. The van der Waals surface area contributed by atoms with Gasteiger partial charge in [0.2, 0.25) is 0 Å². The first kappa shape index (κ1) is 21.0. The molecular weight excluding hydrogens is 364 g/mol. The van der Waals surface area contributed by atoms with Gasteiger partial charge >= 0.3 is 0 Å². The second kappa shape index (κ2) is 9.22. The Bertz CT molecular complexity index is 822. The average molecular weight is 397 g/mol. The van der Waals surface area contributed by atoms with Crippen LogP contribution in [0.2, 0.25) is 0 Å². The highest BCUT2D eigenvalue weighted by Gasteiger charge is 2.14. The molecule has 3 rings (SSSR count). The van der Waals surface area contributed by atoms with Crippen LogP contribution in [0, 0.1) is 12.3 Å². The smallest absolute Gasteiger partial charge is 0.251 e. The molecule has 0 bridgehead atoms. The summed E-state index contributed by atoms with van der Waals surface area (Å²) in [7, 11) is 0. The Morgan fingerprint density at radius 1 is 1.17 bits per heavy atom. The van der Waals surface area contributed by atoms with E-state index in [1.165, 1.54) is 0 Å². The molecule has 0 radical (unpaired) electrons. The monoisotopic (exact) mass is 396 g/mol. The molecule has 7 nitrogen and oxygen atoms in total. The van der Waals surface area contributed by atoms with Gasteiger partial charge in [0, 0.05) is 62.3 Å². The Hall–Kier alpha value is -2.67. The zero-order chi connectivity index (χ0) is 20.9. The lowest BCUT2D eigenvalue weighted by Crippen LogP contribution is -2.43. The fourth-order valence-corrected chi connectivity index (χ4v) is 3.15. The largest absolute Gasteiger partial charge is 0.369 e. The minimum absolute atomic E-state index is 0.0980. The fourth-order valence-electron chi connectivity index (χ4n) is 3.15. The molecule has 156 valence electrons. The molecule has 3 N–H and O–H groups in total. The van der Waals surface area contributed by atoms with Gasteiger partial charge < -0.3 is 20.9 Å². The Kier molecular flexibility index (Phi) is 6.69. The third-order valence-corrected chi connectivity index (χ3v) is 4.82. The minimum Gasteiger partial charge on any atom is -0.369 e. The van der Waals surface area contributed by atoms with Crippen LogP contribution in [-0.4, -0.2) is 48.6 Å². The summed E-state index contributed by atoms with van der Waals surface area (Å²) in [5.74, 6) is 1.39. The summed E-state index contributed by atoms with van der Waals surface area (Å²) in [6, 6.07) is 7.81. The molecule has 1 aliphatic rings. The van der Waals surface area contributed by atoms with E-state index in [2.05, 4.69) is 51.6 Å². The number of hydrogen-bond donors (Lipinski definition) is 3. The molecule has 1 saturated heterocycles. The number of carbonyl (C=O) groups excluding carboxylic acids is 1. The van der Waals surface area contributed by atoms with Crippen molar-refractivity contribution in [3.05, 3.63) is 47.4 Å². The first-order valence-electron chi connectivity index (χ1n) is 10.2. The number of nitrogens with one attached hydrogen (secondary N) is 3. The summed E-state index contributed by atoms with van der Waals surface area (Å²) in [4.78, 5) is 23.7. The van der Waals surface area contributed by atoms with E-state index in [0.717, 1.165) is 49.8 Å². The molecular formula is C22H32N6O. The summed E-state index contributed by atoms with van der Waals surface area (Å²) < 4.78 is 0. The number of carbonyl (C=O) groups is 1. The zero-order valence-electron chi connectivity index (χ0n) is 17.9. The number of aromatic nitrogens is 2. The van der Waals surface area contributed by atoms with Gasteiger partial charge in [0.1, 0.15) is 11.6 Å². The van der Waals surface area contributed by atoms with E-state index in [1.807, 2.05) is 31.2 Å². The molecule has 2 aromatic rings. The molecule has 0 spiro atoms. The number of nitrogens with zero attached hydrogens (tertiary/aromatic N) is 3. The lowest BCUT2D eigenvalue weighted by molar-refractivity contribution is 0.0951. The van der Waals surface area contributed by atoms with Gasteiger partial charge in [0.25, 0.3) is 5.91 Å². The van der Waals surface area contributed by atoms with Crippen molar-refractivity contribution in [2.45, 2.75) is 34.2 Å². The third-order valence-electron chi connectivity index (χ3n) is 4.82. The molecule has 1 aromatic heterocycles. The number of anilines is 2. The fraction of sp³-hybridized carbons (Fsp3) is 0.500. The molecule has 1 aliphatic heterocycles. The van der Waals surface area contributed by atoms with Crippen LogP contribution in [0.4, 0.5) is 11.5 Å². The summed E-state index contributed by atoms with van der Waals surface area (Å²) in [6.07, 6.45) is 1.78. The second-order valence-electron chi connectivity index (χ2n) is 8.67. The Morgan fingerprint density at radius 2 is 1.86 bits per heavy atom. The molecule has 7 heteroatoms. The van der Waals surface area contributed by atoms with Gasteiger partial charge in [-0.2, -0.15) is 0 Å². The first-order valence-corrected chi connectivity index (χ1v) is 10.2. The Balaban J connectivity index is 1.61. The Morgan fingerprint density at radius 3 is 2.52 bits per heavy atom. The number of aryl methyl sites for hydroxylation is 1. The van der Waals surface area contributed by atoms with Crippen LogP contribution in [0.15, 0.2) is 30.5 Å². The zero-order valence-corrected chi connectivity index (χ0v) is 17.9. The van der Waals surface area contributed by atoms with E-state index in [0.29, 0.717) is 17.9 Å². The van der Waals surface area contributed by atoms with Gasteiger partial charge in [-0.05, 0) is 36.6 Å². The molecule has 0 unspecified atom stereocenters. The number of rotatable bonds is 6. The van der Waals surface area contributed by atoms with Crippen molar-refractivity contribution in [2.75, 3.05) is 42.9 Å². The van der Waals surface area contributed by atoms with E-state index < -0.39 is 0 Å². The molecule has 0 saturated carbocycles. The summed E-state index contributed by atoms with van der Waals surface area (Å²) in [5.41, 5.74) is 2.82. The van der Waals surface area contributed by atoms with Gasteiger partial charge in [0.05, 0.1) is 0 Å². The van der Waals surface area contributed by atoms with Crippen molar-refractivity contribution in [2.24, 2.45) is 5.41 Å². The maximum Gasteiger partial charge on any atom is 0.251 e. The normalized spacial score (nSPS) is 14.6. The molecule has 0 aliphatic carbocycles. The van der Waals surface area contributed by atoms with E-state index >= 15 is 0 Å². The second-order valence-corrected chi connectivity index (χ2v) is 8.67. The van der Waals surface area contributed by atoms with Crippen LogP contribution in [0.3, 0.4) is 0 Å². The molecule has 1 amide bonds. The van der Waals surface area contributed by atoms with Crippen molar-refractivity contribution >= 4 is 17.4 Å². The van der Waals surface area contributed by atoms with Gasteiger partial charge in [-0.1, -0.05) is 20.8 Å². The Labute approximate surface area is 173 Å².